The van der Waals surface area contributed by atoms with Crippen LogP contribution in [0.1, 0.15) is 5.56 Å². The maximum absolute atomic E-state index is 13.6. The Morgan fingerprint density at radius 1 is 1.08 bits per heavy atom. The summed E-state index contributed by atoms with van der Waals surface area (Å²) in [6.45, 7) is 0. The number of anilines is 1. The number of hydrogen-bond donors (Lipinski definition) is 3. The van der Waals surface area contributed by atoms with Gasteiger partial charge in [-0.15, -0.1) is 0 Å². The Hall–Kier alpha value is -2.15. The quantitative estimate of drug-likeness (QED) is 0.423. The van der Waals surface area contributed by atoms with Crippen molar-refractivity contribution in [2.45, 2.75) is 0 Å². The molecule has 0 aliphatic carbocycles. The fourth-order valence-corrected chi connectivity index (χ4v) is 2.21. The summed E-state index contributed by atoms with van der Waals surface area (Å²) in [5, 5.41) is 3.86. The molecule has 0 saturated carbocycles. The lowest BCUT2D eigenvalue weighted by Gasteiger charge is -2.10. The average molecular weight is 384 g/mol. The van der Waals surface area contributed by atoms with Crippen molar-refractivity contribution in [3.8, 4) is 0 Å². The summed E-state index contributed by atoms with van der Waals surface area (Å²) < 4.78 is 13.6. The number of carbonyl (C=O) groups excluding carboxylic acids is 1. The molecule has 0 spiro atoms. The summed E-state index contributed by atoms with van der Waals surface area (Å²) in [4.78, 5) is 11.7. The van der Waals surface area contributed by atoms with Crippen LogP contribution in [0.2, 0.25) is 10.0 Å². The molecule has 2 rings (SSSR count). The van der Waals surface area contributed by atoms with E-state index in [4.69, 9.17) is 35.4 Å². The first-order chi connectivity index (χ1) is 11.5. The normalized spacial score (nSPS) is 10.5. The molecule has 124 valence electrons. The first-order valence-electron chi connectivity index (χ1n) is 6.70. The van der Waals surface area contributed by atoms with Crippen LogP contribution in [0.25, 0.3) is 6.08 Å². The highest BCUT2D eigenvalue weighted by atomic mass is 35.5. The van der Waals surface area contributed by atoms with Gasteiger partial charge in [-0.3, -0.25) is 15.6 Å². The van der Waals surface area contributed by atoms with Crippen LogP contribution in [0.3, 0.4) is 0 Å². The van der Waals surface area contributed by atoms with Crippen molar-refractivity contribution in [1.29, 1.82) is 0 Å². The number of hydrazine groups is 1. The minimum Gasteiger partial charge on any atom is -0.331 e. The SMILES string of the molecule is O=C(/C=C/c1c(F)cccc1Cl)NNC(=S)Nc1ccc(Cl)cc1. The molecule has 0 aliphatic rings. The van der Waals surface area contributed by atoms with E-state index >= 15 is 0 Å². The topological polar surface area (TPSA) is 53.2 Å². The Morgan fingerprint density at radius 2 is 1.79 bits per heavy atom. The van der Waals surface area contributed by atoms with Gasteiger partial charge in [0.05, 0.1) is 5.02 Å². The maximum Gasteiger partial charge on any atom is 0.262 e. The van der Waals surface area contributed by atoms with E-state index < -0.39 is 11.7 Å². The molecular formula is C16H12Cl2FN3OS. The summed E-state index contributed by atoms with van der Waals surface area (Å²) in [7, 11) is 0. The lowest BCUT2D eigenvalue weighted by atomic mass is 10.2. The highest BCUT2D eigenvalue weighted by molar-refractivity contribution is 7.80. The Morgan fingerprint density at radius 3 is 2.46 bits per heavy atom. The molecule has 2 aromatic rings. The third kappa shape index (κ3) is 5.49. The molecule has 0 radical (unpaired) electrons. The van der Waals surface area contributed by atoms with Gasteiger partial charge in [0.1, 0.15) is 5.82 Å². The predicted molar refractivity (Wildman–Crippen MR) is 99.4 cm³/mol. The summed E-state index contributed by atoms with van der Waals surface area (Å²) >= 11 is 16.7. The third-order valence-corrected chi connectivity index (χ3v) is 3.59. The van der Waals surface area contributed by atoms with E-state index in [0.29, 0.717) is 10.7 Å². The van der Waals surface area contributed by atoms with Crippen LogP contribution in [0.5, 0.6) is 0 Å². The first-order valence-corrected chi connectivity index (χ1v) is 7.87. The summed E-state index contributed by atoms with van der Waals surface area (Å²) in [6, 6.07) is 11.1. The zero-order chi connectivity index (χ0) is 17.5. The van der Waals surface area contributed by atoms with E-state index in [-0.39, 0.29) is 15.7 Å². The van der Waals surface area contributed by atoms with Crippen molar-refractivity contribution < 1.29 is 9.18 Å². The highest BCUT2D eigenvalue weighted by Crippen LogP contribution is 2.20. The molecule has 0 fully saturated rings. The zero-order valence-electron chi connectivity index (χ0n) is 12.1. The minimum absolute atomic E-state index is 0.135. The Bertz CT molecular complexity index is 761. The number of amides is 1. The Labute approximate surface area is 153 Å². The van der Waals surface area contributed by atoms with E-state index in [2.05, 4.69) is 16.2 Å². The van der Waals surface area contributed by atoms with Gasteiger partial charge in [0.15, 0.2) is 5.11 Å². The summed E-state index contributed by atoms with van der Waals surface area (Å²) in [5.41, 5.74) is 5.72. The van der Waals surface area contributed by atoms with Crippen LogP contribution >= 0.6 is 35.4 Å². The fourth-order valence-electron chi connectivity index (χ4n) is 1.68. The molecule has 0 bridgehead atoms. The van der Waals surface area contributed by atoms with Gasteiger partial charge in [0, 0.05) is 22.3 Å². The highest BCUT2D eigenvalue weighted by Gasteiger charge is 2.04. The molecule has 0 heterocycles. The van der Waals surface area contributed by atoms with E-state index in [1.165, 1.54) is 24.3 Å². The van der Waals surface area contributed by atoms with E-state index in [1.807, 2.05) is 0 Å². The first kappa shape index (κ1) is 18.2. The van der Waals surface area contributed by atoms with Crippen LogP contribution in [-0.2, 0) is 4.79 Å². The number of carbonyl (C=O) groups is 1. The van der Waals surface area contributed by atoms with Gasteiger partial charge in [-0.1, -0.05) is 29.3 Å². The smallest absolute Gasteiger partial charge is 0.262 e. The third-order valence-electron chi connectivity index (χ3n) is 2.80. The molecule has 0 atom stereocenters. The van der Waals surface area contributed by atoms with Gasteiger partial charge in [-0.2, -0.15) is 0 Å². The standard InChI is InChI=1S/C16H12Cl2FN3OS/c17-10-4-6-11(7-5-10)20-16(24)22-21-15(23)9-8-12-13(18)2-1-3-14(12)19/h1-9H,(H,21,23)(H2,20,22,24)/b9-8+. The van der Waals surface area contributed by atoms with Gasteiger partial charge in [0.2, 0.25) is 0 Å². The lowest BCUT2D eigenvalue weighted by Crippen LogP contribution is -2.43. The second-order valence-corrected chi connectivity index (χ2v) is 5.80. The van der Waals surface area contributed by atoms with E-state index in [0.717, 1.165) is 6.08 Å². The van der Waals surface area contributed by atoms with Gasteiger partial charge in [-0.05, 0) is 54.7 Å². The molecule has 24 heavy (non-hydrogen) atoms. The van der Waals surface area contributed by atoms with E-state index in [9.17, 15) is 9.18 Å². The monoisotopic (exact) mass is 383 g/mol. The summed E-state index contributed by atoms with van der Waals surface area (Å²) in [6.07, 6.45) is 2.42. The fraction of sp³-hybridized carbons (Fsp3) is 0. The second-order valence-electron chi connectivity index (χ2n) is 4.54. The van der Waals surface area contributed by atoms with Crippen LogP contribution in [0, 0.1) is 5.82 Å². The van der Waals surface area contributed by atoms with Crippen molar-refractivity contribution >= 4 is 58.2 Å². The van der Waals surface area contributed by atoms with Crippen molar-refractivity contribution in [2.24, 2.45) is 0 Å². The van der Waals surface area contributed by atoms with Crippen LogP contribution in [0.15, 0.2) is 48.5 Å². The maximum atomic E-state index is 13.6. The molecule has 0 aromatic heterocycles. The molecule has 0 aliphatic heterocycles. The number of hydrogen-bond acceptors (Lipinski definition) is 2. The number of benzene rings is 2. The molecule has 3 N–H and O–H groups in total. The molecule has 4 nitrogen and oxygen atoms in total. The number of rotatable bonds is 3. The molecule has 1 amide bonds. The average Bonchev–Trinajstić information content (AvgIpc) is 2.54. The molecular weight excluding hydrogens is 372 g/mol. The van der Waals surface area contributed by atoms with Crippen molar-refractivity contribution in [1.82, 2.24) is 10.9 Å². The summed E-state index contributed by atoms with van der Waals surface area (Å²) in [5.74, 6) is -1.03. The van der Waals surface area contributed by atoms with Gasteiger partial charge < -0.3 is 5.32 Å². The van der Waals surface area contributed by atoms with Crippen LogP contribution in [0.4, 0.5) is 10.1 Å². The number of nitrogens with one attached hydrogen (secondary N) is 3. The van der Waals surface area contributed by atoms with Gasteiger partial charge in [0.25, 0.3) is 5.91 Å². The largest absolute Gasteiger partial charge is 0.331 e. The van der Waals surface area contributed by atoms with Crippen molar-refractivity contribution in [3.63, 3.8) is 0 Å². The molecule has 0 unspecified atom stereocenters. The number of thiocarbonyl (C=S) groups is 1. The molecule has 2 aromatic carbocycles. The Kier molecular flexibility index (Phi) is 6.54. The lowest BCUT2D eigenvalue weighted by molar-refractivity contribution is -0.116. The second kappa shape index (κ2) is 8.63. The molecule has 0 saturated heterocycles. The van der Waals surface area contributed by atoms with Gasteiger partial charge in [-0.25, -0.2) is 4.39 Å². The predicted octanol–water partition coefficient (Wildman–Crippen LogP) is 4.16. The van der Waals surface area contributed by atoms with E-state index in [1.54, 1.807) is 24.3 Å². The van der Waals surface area contributed by atoms with Crippen molar-refractivity contribution in [3.05, 3.63) is 70.0 Å². The Balaban J connectivity index is 1.85. The minimum atomic E-state index is -0.519. The zero-order valence-corrected chi connectivity index (χ0v) is 14.5. The van der Waals surface area contributed by atoms with Crippen molar-refractivity contribution in [2.75, 3.05) is 5.32 Å². The molecule has 8 heteroatoms. The van der Waals surface area contributed by atoms with Crippen LogP contribution in [-0.4, -0.2) is 11.0 Å². The van der Waals surface area contributed by atoms with Crippen LogP contribution < -0.4 is 16.2 Å². The number of halogens is 3. The van der Waals surface area contributed by atoms with Gasteiger partial charge >= 0.3 is 0 Å².